The maximum absolute atomic E-state index is 12.1. The number of nitrogens with zero attached hydrogens (tertiary/aromatic N) is 1. The molecule has 1 atom stereocenters. The number of nitro groups is 1. The molecule has 0 aliphatic rings. The molecule has 2 aromatic carbocycles. The Bertz CT molecular complexity index is 841. The molecule has 0 heterocycles. The molecule has 0 aliphatic heterocycles. The SMILES string of the molecule is C[C@@H](OC(=O)c1ccccc1[N+](=O)[O-])C(=O)Nc1cc(Cl)ccc1Cl. The topological polar surface area (TPSA) is 98.5 Å². The fourth-order valence-electron chi connectivity index (χ4n) is 1.91. The second-order valence-electron chi connectivity index (χ2n) is 4.94. The predicted molar refractivity (Wildman–Crippen MR) is 93.1 cm³/mol. The Balaban J connectivity index is 2.10. The number of anilines is 1. The first-order valence-corrected chi connectivity index (χ1v) is 7.75. The summed E-state index contributed by atoms with van der Waals surface area (Å²) < 4.78 is 5.00. The van der Waals surface area contributed by atoms with Gasteiger partial charge in [-0.15, -0.1) is 0 Å². The molecule has 0 radical (unpaired) electrons. The summed E-state index contributed by atoms with van der Waals surface area (Å²) >= 11 is 11.8. The molecule has 0 saturated heterocycles. The second-order valence-corrected chi connectivity index (χ2v) is 5.78. The Morgan fingerprint density at radius 3 is 2.56 bits per heavy atom. The highest BCUT2D eigenvalue weighted by Gasteiger charge is 2.25. The first-order chi connectivity index (χ1) is 11.8. The van der Waals surface area contributed by atoms with Crippen molar-refractivity contribution >= 4 is 46.5 Å². The number of hydrogen-bond donors (Lipinski definition) is 1. The molecular weight excluding hydrogens is 371 g/mol. The van der Waals surface area contributed by atoms with E-state index in [1.54, 1.807) is 6.07 Å². The van der Waals surface area contributed by atoms with Crippen LogP contribution in [0.1, 0.15) is 17.3 Å². The molecule has 2 rings (SSSR count). The van der Waals surface area contributed by atoms with Crippen molar-refractivity contribution in [2.24, 2.45) is 0 Å². The van der Waals surface area contributed by atoms with Crippen molar-refractivity contribution in [1.82, 2.24) is 0 Å². The van der Waals surface area contributed by atoms with Crippen molar-refractivity contribution in [3.8, 4) is 0 Å². The minimum atomic E-state index is -1.21. The van der Waals surface area contributed by atoms with Crippen LogP contribution in [0.15, 0.2) is 42.5 Å². The third kappa shape index (κ3) is 4.68. The number of hydrogen-bond acceptors (Lipinski definition) is 5. The molecule has 7 nitrogen and oxygen atoms in total. The third-order valence-corrected chi connectivity index (χ3v) is 3.72. The van der Waals surface area contributed by atoms with E-state index in [4.69, 9.17) is 27.9 Å². The fourth-order valence-corrected chi connectivity index (χ4v) is 2.25. The number of amides is 1. The zero-order chi connectivity index (χ0) is 18.6. The van der Waals surface area contributed by atoms with E-state index in [0.29, 0.717) is 5.02 Å². The van der Waals surface area contributed by atoms with Gasteiger partial charge in [0.05, 0.1) is 15.6 Å². The maximum atomic E-state index is 12.1. The third-order valence-electron chi connectivity index (χ3n) is 3.16. The number of halogens is 2. The highest BCUT2D eigenvalue weighted by Crippen LogP contribution is 2.26. The summed E-state index contributed by atoms with van der Waals surface area (Å²) in [4.78, 5) is 34.5. The van der Waals surface area contributed by atoms with Crippen LogP contribution in [-0.2, 0) is 9.53 Å². The molecule has 9 heteroatoms. The van der Waals surface area contributed by atoms with Crippen LogP contribution in [0, 0.1) is 10.1 Å². The van der Waals surface area contributed by atoms with Gasteiger partial charge in [0, 0.05) is 11.1 Å². The van der Waals surface area contributed by atoms with Crippen molar-refractivity contribution in [1.29, 1.82) is 0 Å². The Hall–Kier alpha value is -2.64. The van der Waals surface area contributed by atoms with Crippen LogP contribution < -0.4 is 5.32 Å². The lowest BCUT2D eigenvalue weighted by Crippen LogP contribution is -2.30. The Labute approximate surface area is 152 Å². The summed E-state index contributed by atoms with van der Waals surface area (Å²) in [6.07, 6.45) is -1.21. The van der Waals surface area contributed by atoms with Crippen LogP contribution in [0.3, 0.4) is 0 Å². The molecule has 0 saturated carbocycles. The molecule has 0 aliphatic carbocycles. The molecular formula is C16H12Cl2N2O5. The predicted octanol–water partition coefficient (Wildman–Crippen LogP) is 4.09. The van der Waals surface area contributed by atoms with Gasteiger partial charge in [-0.3, -0.25) is 14.9 Å². The van der Waals surface area contributed by atoms with E-state index >= 15 is 0 Å². The molecule has 0 fully saturated rings. The number of rotatable bonds is 5. The van der Waals surface area contributed by atoms with E-state index in [2.05, 4.69) is 5.32 Å². The van der Waals surface area contributed by atoms with Crippen LogP contribution in [0.4, 0.5) is 11.4 Å². The van der Waals surface area contributed by atoms with Gasteiger partial charge < -0.3 is 10.1 Å². The monoisotopic (exact) mass is 382 g/mol. The minimum Gasteiger partial charge on any atom is -0.449 e. The van der Waals surface area contributed by atoms with Gasteiger partial charge in [0.25, 0.3) is 11.6 Å². The normalized spacial score (nSPS) is 11.5. The zero-order valence-corrected chi connectivity index (χ0v) is 14.4. The van der Waals surface area contributed by atoms with Gasteiger partial charge in [0.15, 0.2) is 6.10 Å². The molecule has 1 amide bonds. The molecule has 0 bridgehead atoms. The summed E-state index contributed by atoms with van der Waals surface area (Å²) in [5.41, 5.74) is -0.390. The van der Waals surface area contributed by atoms with Crippen LogP contribution in [0.5, 0.6) is 0 Å². The van der Waals surface area contributed by atoms with E-state index in [9.17, 15) is 19.7 Å². The largest absolute Gasteiger partial charge is 0.449 e. The standard InChI is InChI=1S/C16H12Cl2N2O5/c1-9(15(21)19-13-8-10(17)6-7-12(13)18)25-16(22)11-4-2-3-5-14(11)20(23)24/h2-9H,1H3,(H,19,21)/t9-/m1/s1. The quantitative estimate of drug-likeness (QED) is 0.477. The lowest BCUT2D eigenvalue weighted by molar-refractivity contribution is -0.385. The van der Waals surface area contributed by atoms with Crippen LogP contribution >= 0.6 is 23.2 Å². The summed E-state index contributed by atoms with van der Waals surface area (Å²) in [6, 6.07) is 9.80. The molecule has 1 N–H and O–H groups in total. The molecule has 0 unspecified atom stereocenters. The zero-order valence-electron chi connectivity index (χ0n) is 12.9. The van der Waals surface area contributed by atoms with E-state index < -0.39 is 28.6 Å². The number of carbonyl (C=O) groups is 2. The van der Waals surface area contributed by atoms with Crippen LogP contribution in [0.25, 0.3) is 0 Å². The van der Waals surface area contributed by atoms with Crippen LogP contribution in [-0.4, -0.2) is 22.9 Å². The van der Waals surface area contributed by atoms with Gasteiger partial charge in [0.1, 0.15) is 5.56 Å². The van der Waals surface area contributed by atoms with E-state index in [0.717, 1.165) is 0 Å². The highest BCUT2D eigenvalue weighted by atomic mass is 35.5. The van der Waals surface area contributed by atoms with Crippen molar-refractivity contribution in [2.45, 2.75) is 13.0 Å². The number of ether oxygens (including phenoxy) is 1. The molecule has 0 aromatic heterocycles. The number of para-hydroxylation sites is 1. The first kappa shape index (κ1) is 18.7. The summed E-state index contributed by atoms with van der Waals surface area (Å²) in [7, 11) is 0. The number of esters is 1. The Morgan fingerprint density at radius 2 is 1.88 bits per heavy atom. The van der Waals surface area contributed by atoms with Crippen molar-refractivity contribution in [2.75, 3.05) is 5.32 Å². The smallest absolute Gasteiger partial charge is 0.345 e. The second kappa shape index (κ2) is 7.96. The fraction of sp³-hybridized carbons (Fsp3) is 0.125. The Kier molecular flexibility index (Phi) is 5.95. The first-order valence-electron chi connectivity index (χ1n) is 7.00. The molecule has 25 heavy (non-hydrogen) atoms. The average molecular weight is 383 g/mol. The van der Waals surface area contributed by atoms with Crippen molar-refractivity contribution in [3.63, 3.8) is 0 Å². The van der Waals surface area contributed by atoms with Crippen molar-refractivity contribution in [3.05, 3.63) is 68.2 Å². The van der Waals surface area contributed by atoms with Gasteiger partial charge in [-0.05, 0) is 31.2 Å². The van der Waals surface area contributed by atoms with Gasteiger partial charge in [-0.2, -0.15) is 0 Å². The van der Waals surface area contributed by atoms with E-state index in [-0.39, 0.29) is 16.3 Å². The lowest BCUT2D eigenvalue weighted by Gasteiger charge is -2.14. The number of nitrogens with one attached hydrogen (secondary N) is 1. The van der Waals surface area contributed by atoms with Gasteiger partial charge in [-0.25, -0.2) is 4.79 Å². The van der Waals surface area contributed by atoms with Crippen molar-refractivity contribution < 1.29 is 19.2 Å². The summed E-state index contributed by atoms with van der Waals surface area (Å²) in [5.74, 6) is -1.64. The summed E-state index contributed by atoms with van der Waals surface area (Å²) in [6.45, 7) is 1.33. The maximum Gasteiger partial charge on any atom is 0.345 e. The van der Waals surface area contributed by atoms with Gasteiger partial charge in [-0.1, -0.05) is 35.3 Å². The number of nitro benzene ring substituents is 1. The van der Waals surface area contributed by atoms with Crippen LogP contribution in [0.2, 0.25) is 10.0 Å². The number of carbonyl (C=O) groups excluding carboxylic acids is 2. The molecule has 2 aromatic rings. The van der Waals surface area contributed by atoms with E-state index in [1.165, 1.54) is 43.3 Å². The Morgan fingerprint density at radius 1 is 1.20 bits per heavy atom. The van der Waals surface area contributed by atoms with Gasteiger partial charge in [0.2, 0.25) is 0 Å². The lowest BCUT2D eigenvalue weighted by atomic mass is 10.2. The highest BCUT2D eigenvalue weighted by molar-refractivity contribution is 6.35. The average Bonchev–Trinajstić information content (AvgIpc) is 2.57. The molecule has 0 spiro atoms. The summed E-state index contributed by atoms with van der Waals surface area (Å²) in [5, 5.41) is 14.1. The number of benzene rings is 2. The minimum absolute atomic E-state index is 0.243. The van der Waals surface area contributed by atoms with E-state index in [1.807, 2.05) is 0 Å². The van der Waals surface area contributed by atoms with Gasteiger partial charge >= 0.3 is 5.97 Å². The molecule has 130 valence electrons.